The van der Waals surface area contributed by atoms with E-state index in [1.807, 2.05) is 36.4 Å². The molecular weight excluding hydrogens is 226 g/mol. The van der Waals surface area contributed by atoms with Crippen molar-refractivity contribution >= 4 is 11.7 Å². The van der Waals surface area contributed by atoms with Crippen LogP contribution in [0.25, 0.3) is 0 Å². The van der Waals surface area contributed by atoms with Gasteiger partial charge in [-0.05, 0) is 31.1 Å². The van der Waals surface area contributed by atoms with E-state index in [1.165, 1.54) is 19.1 Å². The van der Waals surface area contributed by atoms with Gasteiger partial charge in [-0.25, -0.2) is 4.79 Å². The SMILES string of the molecule is CCCCCC=COC(=O)CNc1ccccc1. The van der Waals surface area contributed by atoms with Gasteiger partial charge in [-0.15, -0.1) is 0 Å². The number of unbranched alkanes of at least 4 members (excludes halogenated alkanes) is 3. The molecule has 1 aromatic carbocycles. The zero-order chi connectivity index (χ0) is 13.1. The number of carbonyl (C=O) groups is 1. The van der Waals surface area contributed by atoms with Crippen molar-refractivity contribution < 1.29 is 9.53 Å². The minimum atomic E-state index is -0.273. The molecule has 0 unspecified atom stereocenters. The fourth-order valence-electron chi connectivity index (χ4n) is 1.48. The predicted octanol–water partition coefficient (Wildman–Crippen LogP) is 3.74. The second-order valence-electron chi connectivity index (χ2n) is 4.08. The fraction of sp³-hybridized carbons (Fsp3) is 0.400. The highest BCUT2D eigenvalue weighted by molar-refractivity contribution is 5.75. The van der Waals surface area contributed by atoms with Gasteiger partial charge < -0.3 is 10.1 Å². The first-order chi connectivity index (χ1) is 8.83. The minimum absolute atomic E-state index is 0.184. The number of nitrogens with one attached hydrogen (secondary N) is 1. The van der Waals surface area contributed by atoms with Gasteiger partial charge in [0.05, 0.1) is 6.26 Å². The van der Waals surface area contributed by atoms with E-state index in [9.17, 15) is 4.79 Å². The highest BCUT2D eigenvalue weighted by Gasteiger charge is 1.99. The average molecular weight is 247 g/mol. The molecule has 0 spiro atoms. The van der Waals surface area contributed by atoms with Crippen LogP contribution in [0.1, 0.15) is 32.6 Å². The second kappa shape index (κ2) is 9.28. The van der Waals surface area contributed by atoms with Crippen molar-refractivity contribution in [2.24, 2.45) is 0 Å². The molecule has 0 aliphatic rings. The number of hydrogen-bond donors (Lipinski definition) is 1. The van der Waals surface area contributed by atoms with Gasteiger partial charge in [0.15, 0.2) is 0 Å². The molecule has 98 valence electrons. The Balaban J connectivity index is 2.10. The zero-order valence-corrected chi connectivity index (χ0v) is 10.9. The molecule has 0 aromatic heterocycles. The maximum absolute atomic E-state index is 11.4. The first-order valence-electron chi connectivity index (χ1n) is 6.46. The molecule has 1 N–H and O–H groups in total. The number of para-hydroxylation sites is 1. The maximum Gasteiger partial charge on any atom is 0.330 e. The Hall–Kier alpha value is -1.77. The Labute approximate surface area is 109 Å². The fourth-order valence-corrected chi connectivity index (χ4v) is 1.48. The molecule has 0 bridgehead atoms. The molecule has 0 aliphatic heterocycles. The van der Waals surface area contributed by atoms with E-state index in [2.05, 4.69) is 12.2 Å². The molecule has 3 nitrogen and oxygen atoms in total. The van der Waals surface area contributed by atoms with Crippen LogP contribution in [0.4, 0.5) is 5.69 Å². The Morgan fingerprint density at radius 2 is 2.06 bits per heavy atom. The average Bonchev–Trinajstić information content (AvgIpc) is 2.41. The van der Waals surface area contributed by atoms with Gasteiger partial charge in [0.25, 0.3) is 0 Å². The third-order valence-corrected chi connectivity index (χ3v) is 2.48. The van der Waals surface area contributed by atoms with E-state index in [0.717, 1.165) is 18.5 Å². The zero-order valence-electron chi connectivity index (χ0n) is 10.9. The summed E-state index contributed by atoms with van der Waals surface area (Å²) in [5.41, 5.74) is 0.918. The molecule has 0 saturated carbocycles. The van der Waals surface area contributed by atoms with E-state index in [4.69, 9.17) is 4.74 Å². The molecule has 0 atom stereocenters. The summed E-state index contributed by atoms with van der Waals surface area (Å²) < 4.78 is 4.96. The van der Waals surface area contributed by atoms with E-state index in [-0.39, 0.29) is 12.5 Å². The highest BCUT2D eigenvalue weighted by Crippen LogP contribution is 2.04. The number of esters is 1. The van der Waals surface area contributed by atoms with Crippen molar-refractivity contribution in [1.29, 1.82) is 0 Å². The Morgan fingerprint density at radius 3 is 2.78 bits per heavy atom. The number of allylic oxidation sites excluding steroid dienone is 1. The lowest BCUT2D eigenvalue weighted by molar-refractivity contribution is -0.135. The van der Waals surface area contributed by atoms with E-state index >= 15 is 0 Å². The molecule has 18 heavy (non-hydrogen) atoms. The summed E-state index contributed by atoms with van der Waals surface area (Å²) in [6, 6.07) is 9.59. The molecule has 0 amide bonds. The first-order valence-corrected chi connectivity index (χ1v) is 6.46. The van der Waals surface area contributed by atoms with Crippen LogP contribution in [-0.4, -0.2) is 12.5 Å². The van der Waals surface area contributed by atoms with Crippen LogP contribution in [-0.2, 0) is 9.53 Å². The van der Waals surface area contributed by atoms with Gasteiger partial charge in [0.2, 0.25) is 0 Å². The normalized spacial score (nSPS) is 10.5. The summed E-state index contributed by atoms with van der Waals surface area (Å²) in [5.74, 6) is -0.273. The van der Waals surface area contributed by atoms with Crippen molar-refractivity contribution in [3.63, 3.8) is 0 Å². The van der Waals surface area contributed by atoms with Crippen molar-refractivity contribution in [3.05, 3.63) is 42.7 Å². The van der Waals surface area contributed by atoms with E-state index in [1.54, 1.807) is 0 Å². The van der Waals surface area contributed by atoms with E-state index in [0.29, 0.717) is 0 Å². The quantitative estimate of drug-likeness (QED) is 0.432. The number of carbonyl (C=O) groups excluding carboxylic acids is 1. The lowest BCUT2D eigenvalue weighted by Crippen LogP contribution is -2.14. The highest BCUT2D eigenvalue weighted by atomic mass is 16.5. The number of rotatable bonds is 8. The van der Waals surface area contributed by atoms with Crippen molar-refractivity contribution in [2.45, 2.75) is 32.6 Å². The van der Waals surface area contributed by atoms with Crippen molar-refractivity contribution in [1.82, 2.24) is 0 Å². The third kappa shape index (κ3) is 6.74. The Morgan fingerprint density at radius 1 is 1.28 bits per heavy atom. The molecule has 1 rings (SSSR count). The Bertz CT molecular complexity index is 360. The van der Waals surface area contributed by atoms with Gasteiger partial charge in [-0.2, -0.15) is 0 Å². The molecule has 1 aromatic rings. The summed E-state index contributed by atoms with van der Waals surface area (Å²) >= 11 is 0. The smallest absolute Gasteiger partial charge is 0.330 e. The largest absolute Gasteiger partial charge is 0.434 e. The molecule has 0 fully saturated rings. The number of hydrogen-bond acceptors (Lipinski definition) is 3. The molecule has 0 saturated heterocycles. The molecule has 0 radical (unpaired) electrons. The molecule has 3 heteroatoms. The number of benzene rings is 1. The van der Waals surface area contributed by atoms with Gasteiger partial charge in [-0.3, -0.25) is 0 Å². The monoisotopic (exact) mass is 247 g/mol. The van der Waals surface area contributed by atoms with Gasteiger partial charge in [0.1, 0.15) is 6.54 Å². The minimum Gasteiger partial charge on any atom is -0.434 e. The summed E-state index contributed by atoms with van der Waals surface area (Å²) in [7, 11) is 0. The van der Waals surface area contributed by atoms with Crippen LogP contribution >= 0.6 is 0 Å². The standard InChI is InChI=1S/C15H21NO2/c1-2-3-4-5-9-12-18-15(17)13-16-14-10-7-6-8-11-14/h6-12,16H,2-5,13H2,1H3. The maximum atomic E-state index is 11.4. The third-order valence-electron chi connectivity index (χ3n) is 2.48. The van der Waals surface area contributed by atoms with Crippen LogP contribution in [0.15, 0.2) is 42.7 Å². The lowest BCUT2D eigenvalue weighted by Gasteiger charge is -2.03. The Kier molecular flexibility index (Phi) is 7.37. The van der Waals surface area contributed by atoms with Gasteiger partial charge in [-0.1, -0.05) is 38.0 Å². The lowest BCUT2D eigenvalue weighted by atomic mass is 10.2. The van der Waals surface area contributed by atoms with Gasteiger partial charge >= 0.3 is 5.97 Å². The van der Waals surface area contributed by atoms with Crippen LogP contribution in [0.3, 0.4) is 0 Å². The van der Waals surface area contributed by atoms with Crippen LogP contribution < -0.4 is 5.32 Å². The summed E-state index contributed by atoms with van der Waals surface area (Å²) in [6.07, 6.45) is 7.92. The predicted molar refractivity (Wildman–Crippen MR) is 74.3 cm³/mol. The van der Waals surface area contributed by atoms with E-state index < -0.39 is 0 Å². The topological polar surface area (TPSA) is 38.3 Å². The number of ether oxygens (including phenoxy) is 1. The molecule has 0 aliphatic carbocycles. The van der Waals surface area contributed by atoms with Crippen molar-refractivity contribution in [3.8, 4) is 0 Å². The molecule has 0 heterocycles. The molecular formula is C15H21NO2. The van der Waals surface area contributed by atoms with Crippen LogP contribution in [0.5, 0.6) is 0 Å². The first kappa shape index (κ1) is 14.3. The van der Waals surface area contributed by atoms with Gasteiger partial charge in [0, 0.05) is 5.69 Å². The summed E-state index contributed by atoms with van der Waals surface area (Å²) in [5, 5.41) is 3.00. The summed E-state index contributed by atoms with van der Waals surface area (Å²) in [6.45, 7) is 2.35. The number of anilines is 1. The van der Waals surface area contributed by atoms with Crippen LogP contribution in [0.2, 0.25) is 0 Å². The summed E-state index contributed by atoms with van der Waals surface area (Å²) in [4.78, 5) is 11.4. The van der Waals surface area contributed by atoms with Crippen molar-refractivity contribution in [2.75, 3.05) is 11.9 Å². The van der Waals surface area contributed by atoms with Crippen LogP contribution in [0, 0.1) is 0 Å². The second-order valence-corrected chi connectivity index (χ2v) is 4.08.